The molecule has 2 aromatic heterocycles. The third-order valence-corrected chi connectivity index (χ3v) is 7.13. The van der Waals surface area contributed by atoms with Gasteiger partial charge < -0.3 is 10.3 Å². The van der Waals surface area contributed by atoms with Gasteiger partial charge in [0.2, 0.25) is 0 Å². The molecule has 4 heteroatoms. The maximum Gasteiger partial charge on any atom is 0.109 e. The number of nitrogens with zero attached hydrogens (tertiary/aromatic N) is 2. The van der Waals surface area contributed by atoms with Crippen LogP contribution in [0.3, 0.4) is 0 Å². The molecule has 1 unspecified atom stereocenters. The molecule has 192 valence electrons. The number of aromatic nitrogens is 3. The summed E-state index contributed by atoms with van der Waals surface area (Å²) in [4.78, 5) is 12.9. The Bertz CT molecular complexity index is 1540. The van der Waals surface area contributed by atoms with E-state index in [4.69, 9.17) is 4.98 Å². The predicted octanol–water partition coefficient (Wildman–Crippen LogP) is 9.08. The molecule has 4 nitrogen and oxygen atoms in total. The standard InChI is InChI=1S/C31H34N4.C2H6/c1-7-28(33-20(6)18(2)3)22-10-8-21(9-11-22)23-12-13-25-26(16-23)24-14-15-32-17-27(24)30-29(25)34-31(35-30)19(4)5;1-2/h7-20,33H,1-6H3,(H,34,35);1-2H3/b28-7-;. The van der Waals surface area contributed by atoms with Crippen molar-refractivity contribution in [1.82, 2.24) is 20.3 Å². The Morgan fingerprint density at radius 2 is 1.54 bits per heavy atom. The van der Waals surface area contributed by atoms with E-state index in [9.17, 15) is 0 Å². The zero-order valence-corrected chi connectivity index (χ0v) is 23.5. The number of hydrogen-bond donors (Lipinski definition) is 2. The van der Waals surface area contributed by atoms with Gasteiger partial charge in [-0.1, -0.05) is 84.0 Å². The lowest BCUT2D eigenvalue weighted by Gasteiger charge is -2.21. The van der Waals surface area contributed by atoms with Crippen LogP contribution in [0.15, 0.2) is 67.0 Å². The predicted molar refractivity (Wildman–Crippen MR) is 161 cm³/mol. The molecule has 0 aliphatic carbocycles. The second kappa shape index (κ2) is 11.2. The summed E-state index contributed by atoms with van der Waals surface area (Å²) in [6.07, 6.45) is 5.97. The second-order valence-corrected chi connectivity index (χ2v) is 10.1. The molecular formula is C33H40N4. The Labute approximate surface area is 221 Å². The van der Waals surface area contributed by atoms with Crippen LogP contribution in [0.25, 0.3) is 49.4 Å². The molecule has 0 aliphatic heterocycles. The number of hydrogen-bond acceptors (Lipinski definition) is 3. The van der Waals surface area contributed by atoms with Crippen LogP contribution in [0.1, 0.15) is 72.7 Å². The number of allylic oxidation sites excluding steroid dienone is 1. The van der Waals surface area contributed by atoms with Crippen molar-refractivity contribution in [3.8, 4) is 11.1 Å². The van der Waals surface area contributed by atoms with Gasteiger partial charge in [0, 0.05) is 40.8 Å². The first kappa shape index (κ1) is 26.4. The fourth-order valence-electron chi connectivity index (χ4n) is 4.62. The van der Waals surface area contributed by atoms with E-state index in [1.165, 1.54) is 38.5 Å². The molecule has 0 saturated heterocycles. The smallest absolute Gasteiger partial charge is 0.109 e. The van der Waals surface area contributed by atoms with Gasteiger partial charge in [0.05, 0.1) is 11.0 Å². The summed E-state index contributed by atoms with van der Waals surface area (Å²) < 4.78 is 0. The Morgan fingerprint density at radius 1 is 0.838 bits per heavy atom. The minimum atomic E-state index is 0.335. The van der Waals surface area contributed by atoms with Crippen LogP contribution in [-0.4, -0.2) is 21.0 Å². The summed E-state index contributed by atoms with van der Waals surface area (Å²) in [6, 6.07) is 18.1. The van der Waals surface area contributed by atoms with Crippen LogP contribution in [0.2, 0.25) is 0 Å². The fraction of sp³-hybridized carbons (Fsp3) is 0.333. The maximum absolute atomic E-state index is 4.93. The summed E-state index contributed by atoms with van der Waals surface area (Å²) in [7, 11) is 0. The maximum atomic E-state index is 4.93. The highest BCUT2D eigenvalue weighted by molar-refractivity contribution is 6.23. The quantitative estimate of drug-likeness (QED) is 0.232. The van der Waals surface area contributed by atoms with Crippen LogP contribution in [-0.2, 0) is 0 Å². The topological polar surface area (TPSA) is 53.6 Å². The average Bonchev–Trinajstić information content (AvgIpc) is 3.39. The van der Waals surface area contributed by atoms with Gasteiger partial charge in [0.15, 0.2) is 0 Å². The van der Waals surface area contributed by atoms with E-state index in [-0.39, 0.29) is 0 Å². The Kier molecular flexibility index (Phi) is 7.97. The minimum Gasteiger partial charge on any atom is -0.382 e. The first-order valence-corrected chi connectivity index (χ1v) is 13.6. The van der Waals surface area contributed by atoms with Gasteiger partial charge >= 0.3 is 0 Å². The number of pyridine rings is 1. The lowest BCUT2D eigenvalue weighted by atomic mass is 9.96. The fourth-order valence-corrected chi connectivity index (χ4v) is 4.62. The van der Waals surface area contributed by atoms with Crippen molar-refractivity contribution in [1.29, 1.82) is 0 Å². The number of benzene rings is 3. The summed E-state index contributed by atoms with van der Waals surface area (Å²) in [6.45, 7) is 17.1. The first-order chi connectivity index (χ1) is 17.9. The molecule has 0 fully saturated rings. The molecule has 37 heavy (non-hydrogen) atoms. The van der Waals surface area contributed by atoms with E-state index >= 15 is 0 Å². The second-order valence-electron chi connectivity index (χ2n) is 10.1. The van der Waals surface area contributed by atoms with E-state index in [2.05, 4.69) is 111 Å². The molecule has 5 rings (SSSR count). The third-order valence-electron chi connectivity index (χ3n) is 7.13. The van der Waals surface area contributed by atoms with Crippen molar-refractivity contribution < 1.29 is 0 Å². The van der Waals surface area contributed by atoms with Gasteiger partial charge in [-0.15, -0.1) is 0 Å². The molecule has 2 N–H and O–H groups in total. The molecule has 2 heterocycles. The number of imidazole rings is 1. The van der Waals surface area contributed by atoms with E-state index in [1.54, 1.807) is 0 Å². The van der Waals surface area contributed by atoms with Crippen molar-refractivity contribution in [3.63, 3.8) is 0 Å². The summed E-state index contributed by atoms with van der Waals surface area (Å²) >= 11 is 0. The van der Waals surface area contributed by atoms with Crippen molar-refractivity contribution in [2.45, 2.75) is 67.3 Å². The molecule has 0 radical (unpaired) electrons. The molecule has 5 aromatic rings. The molecule has 0 bridgehead atoms. The van der Waals surface area contributed by atoms with Crippen LogP contribution >= 0.6 is 0 Å². The van der Waals surface area contributed by atoms with E-state index in [1.807, 2.05) is 26.2 Å². The minimum absolute atomic E-state index is 0.335. The molecule has 1 atom stereocenters. The van der Waals surface area contributed by atoms with Crippen molar-refractivity contribution in [3.05, 3.63) is 78.4 Å². The van der Waals surface area contributed by atoms with Gasteiger partial charge in [-0.3, -0.25) is 4.98 Å². The lowest BCUT2D eigenvalue weighted by Crippen LogP contribution is -2.29. The van der Waals surface area contributed by atoms with E-state index in [0.29, 0.717) is 17.9 Å². The van der Waals surface area contributed by atoms with Gasteiger partial charge in [-0.2, -0.15) is 0 Å². The van der Waals surface area contributed by atoms with Crippen molar-refractivity contribution >= 4 is 38.3 Å². The van der Waals surface area contributed by atoms with E-state index in [0.717, 1.165) is 22.2 Å². The molecular weight excluding hydrogens is 452 g/mol. The largest absolute Gasteiger partial charge is 0.382 e. The third kappa shape index (κ3) is 5.11. The molecule has 3 aromatic carbocycles. The van der Waals surface area contributed by atoms with Crippen LogP contribution in [0.4, 0.5) is 0 Å². The van der Waals surface area contributed by atoms with Gasteiger partial charge in [0.1, 0.15) is 5.82 Å². The van der Waals surface area contributed by atoms with E-state index < -0.39 is 0 Å². The Hall–Kier alpha value is -3.66. The number of nitrogens with one attached hydrogen (secondary N) is 2. The number of H-pyrrole nitrogens is 1. The highest BCUT2D eigenvalue weighted by Crippen LogP contribution is 2.36. The summed E-state index contributed by atoms with van der Waals surface area (Å²) in [5.41, 5.74) is 6.89. The Morgan fingerprint density at radius 3 is 2.19 bits per heavy atom. The highest BCUT2D eigenvalue weighted by atomic mass is 14.9. The molecule has 0 spiro atoms. The zero-order chi connectivity index (χ0) is 26.7. The van der Waals surface area contributed by atoms with Crippen LogP contribution in [0, 0.1) is 5.92 Å². The SMILES string of the molecule is C/C=C(\NC(C)C(C)C)c1ccc(-c2ccc3c(c2)c2ccncc2c2nc(C(C)C)[nH]c32)cc1.CC. The number of fused-ring (bicyclic) bond motifs is 6. The average molecular weight is 493 g/mol. The highest BCUT2D eigenvalue weighted by Gasteiger charge is 2.15. The van der Waals surface area contributed by atoms with Gasteiger partial charge in [0.25, 0.3) is 0 Å². The molecule has 0 amide bonds. The lowest BCUT2D eigenvalue weighted by molar-refractivity contribution is 0.480. The van der Waals surface area contributed by atoms with Crippen molar-refractivity contribution in [2.75, 3.05) is 0 Å². The number of rotatable bonds is 6. The molecule has 0 aliphatic rings. The normalized spacial score (nSPS) is 12.9. The van der Waals surface area contributed by atoms with Crippen LogP contribution in [0.5, 0.6) is 0 Å². The zero-order valence-electron chi connectivity index (χ0n) is 23.5. The van der Waals surface area contributed by atoms with Crippen molar-refractivity contribution in [2.24, 2.45) is 5.92 Å². The summed E-state index contributed by atoms with van der Waals surface area (Å²) in [5, 5.41) is 8.35. The van der Waals surface area contributed by atoms with Gasteiger partial charge in [-0.05, 0) is 59.4 Å². The number of aromatic amines is 1. The molecule has 0 saturated carbocycles. The first-order valence-electron chi connectivity index (χ1n) is 13.6. The van der Waals surface area contributed by atoms with Gasteiger partial charge in [-0.25, -0.2) is 4.98 Å². The monoisotopic (exact) mass is 492 g/mol. The Balaban J connectivity index is 0.00000156. The van der Waals surface area contributed by atoms with Crippen LogP contribution < -0.4 is 5.32 Å². The summed E-state index contributed by atoms with van der Waals surface area (Å²) in [5.74, 6) is 1.92.